The number of amides is 1. The molecule has 0 spiro atoms. The molecule has 0 saturated carbocycles. The first-order valence-electron chi connectivity index (χ1n) is 10.3. The molecule has 0 aliphatic heterocycles. The van der Waals surface area contributed by atoms with E-state index < -0.39 is 42.4 Å². The van der Waals surface area contributed by atoms with Gasteiger partial charge in [-0.3, -0.25) is 14.2 Å². The van der Waals surface area contributed by atoms with Crippen LogP contribution in [0, 0.1) is 25.5 Å². The van der Waals surface area contributed by atoms with E-state index in [2.05, 4.69) is 5.32 Å². The lowest BCUT2D eigenvalue weighted by molar-refractivity contribution is 0.0879. The third kappa shape index (κ3) is 5.44. The molecule has 34 heavy (non-hydrogen) atoms. The molecule has 0 atom stereocenters. The van der Waals surface area contributed by atoms with Crippen molar-refractivity contribution < 1.29 is 28.5 Å². The third-order valence-electron chi connectivity index (χ3n) is 5.12. The van der Waals surface area contributed by atoms with E-state index in [1.165, 1.54) is 25.1 Å². The lowest BCUT2D eigenvalue weighted by Gasteiger charge is -2.17. The molecule has 10 heteroatoms. The first kappa shape index (κ1) is 25.4. The molecule has 0 radical (unpaired) electrons. The predicted octanol–water partition coefficient (Wildman–Crippen LogP) is 3.05. The summed E-state index contributed by atoms with van der Waals surface area (Å²) < 4.78 is 35.3. The number of halogens is 3. The highest BCUT2D eigenvalue weighted by Gasteiger charge is 2.19. The summed E-state index contributed by atoms with van der Waals surface area (Å²) in [6, 6.07) is 8.54. The van der Waals surface area contributed by atoms with Crippen molar-refractivity contribution in [2.24, 2.45) is 0 Å². The molecular weight excluding hydrogens is 470 g/mol. The number of carbonyl (C=O) groups is 1. The van der Waals surface area contributed by atoms with Gasteiger partial charge in [-0.15, -0.1) is 0 Å². The van der Waals surface area contributed by atoms with Gasteiger partial charge in [-0.25, -0.2) is 8.78 Å². The van der Waals surface area contributed by atoms with Crippen LogP contribution in [0.1, 0.15) is 27.2 Å². The van der Waals surface area contributed by atoms with Gasteiger partial charge in [0.05, 0.1) is 24.9 Å². The second-order valence-electron chi connectivity index (χ2n) is 7.69. The van der Waals surface area contributed by atoms with Gasteiger partial charge in [0.15, 0.2) is 0 Å². The van der Waals surface area contributed by atoms with E-state index in [0.717, 1.165) is 22.3 Å². The fraction of sp³-hybridized carbons (Fsp3) is 0.250. The van der Waals surface area contributed by atoms with Crippen LogP contribution in [0.25, 0.3) is 5.69 Å². The van der Waals surface area contributed by atoms with Gasteiger partial charge in [0.2, 0.25) is 0 Å². The first-order valence-corrected chi connectivity index (χ1v) is 10.7. The highest BCUT2D eigenvalue weighted by Crippen LogP contribution is 2.26. The number of benzene rings is 2. The zero-order valence-electron chi connectivity index (χ0n) is 18.4. The number of hydrogen-bond donors (Lipinski definition) is 3. The molecule has 0 aliphatic rings. The molecule has 3 aromatic rings. The molecule has 0 fully saturated rings. The van der Waals surface area contributed by atoms with Crippen LogP contribution in [-0.2, 0) is 6.61 Å². The Labute approximate surface area is 199 Å². The van der Waals surface area contributed by atoms with Crippen molar-refractivity contribution >= 4 is 17.5 Å². The number of nitrogens with zero attached hydrogens (tertiary/aromatic N) is 1. The van der Waals surface area contributed by atoms with E-state index in [4.69, 9.17) is 26.6 Å². The SMILES string of the molecule is Cc1ccc(COc2cc(C)n(-c3cc(C(=O)NC(CO)CO)ccc3F)c(=O)c2Cl)c(F)c1. The third-order valence-corrected chi connectivity index (χ3v) is 5.46. The number of ether oxygens (including phenoxy) is 1. The quantitative estimate of drug-likeness (QED) is 0.449. The van der Waals surface area contributed by atoms with Crippen molar-refractivity contribution in [3.63, 3.8) is 0 Å². The Balaban J connectivity index is 1.94. The number of nitrogens with one attached hydrogen (secondary N) is 1. The van der Waals surface area contributed by atoms with Crippen molar-refractivity contribution in [1.82, 2.24) is 9.88 Å². The monoisotopic (exact) mass is 492 g/mol. The Morgan fingerprint density at radius 2 is 1.79 bits per heavy atom. The van der Waals surface area contributed by atoms with Gasteiger partial charge in [-0.2, -0.15) is 0 Å². The van der Waals surface area contributed by atoms with Crippen molar-refractivity contribution in [2.45, 2.75) is 26.5 Å². The molecule has 0 aliphatic carbocycles. The summed E-state index contributed by atoms with van der Waals surface area (Å²) in [6.07, 6.45) is 0. The molecule has 0 unspecified atom stereocenters. The van der Waals surface area contributed by atoms with Crippen LogP contribution in [0.3, 0.4) is 0 Å². The highest BCUT2D eigenvalue weighted by molar-refractivity contribution is 6.31. The van der Waals surface area contributed by atoms with Crippen molar-refractivity contribution in [3.8, 4) is 11.4 Å². The number of pyridine rings is 1. The molecule has 1 aromatic heterocycles. The molecule has 0 bridgehead atoms. The van der Waals surface area contributed by atoms with Crippen molar-refractivity contribution in [2.75, 3.05) is 13.2 Å². The lowest BCUT2D eigenvalue weighted by atomic mass is 10.1. The number of aryl methyl sites for hydroxylation is 2. The smallest absolute Gasteiger partial charge is 0.277 e. The zero-order chi connectivity index (χ0) is 25.0. The predicted molar refractivity (Wildman–Crippen MR) is 123 cm³/mol. The molecule has 3 N–H and O–H groups in total. The Morgan fingerprint density at radius 1 is 1.09 bits per heavy atom. The van der Waals surface area contributed by atoms with Gasteiger partial charge in [-0.1, -0.05) is 23.7 Å². The number of aromatic nitrogens is 1. The maximum atomic E-state index is 14.7. The van der Waals surface area contributed by atoms with Crippen molar-refractivity contribution in [3.05, 3.63) is 91.9 Å². The summed E-state index contributed by atoms with van der Waals surface area (Å²) in [5.74, 6) is -1.91. The highest BCUT2D eigenvalue weighted by atomic mass is 35.5. The average Bonchev–Trinajstić information content (AvgIpc) is 2.80. The fourth-order valence-electron chi connectivity index (χ4n) is 3.25. The summed E-state index contributed by atoms with van der Waals surface area (Å²) in [7, 11) is 0. The number of rotatable bonds is 8. The van der Waals surface area contributed by atoms with E-state index in [0.29, 0.717) is 0 Å². The second kappa shape index (κ2) is 10.8. The summed E-state index contributed by atoms with van der Waals surface area (Å²) in [5.41, 5.74) is 0.268. The van der Waals surface area contributed by atoms with E-state index in [9.17, 15) is 18.4 Å². The fourth-order valence-corrected chi connectivity index (χ4v) is 3.45. The van der Waals surface area contributed by atoms with Gasteiger partial charge >= 0.3 is 0 Å². The summed E-state index contributed by atoms with van der Waals surface area (Å²) in [5, 5.41) is 20.3. The van der Waals surface area contributed by atoms with Gasteiger partial charge in [0.1, 0.15) is 29.0 Å². The molecule has 180 valence electrons. The maximum absolute atomic E-state index is 14.7. The number of aliphatic hydroxyl groups excluding tert-OH is 2. The van der Waals surface area contributed by atoms with Gasteiger partial charge in [-0.05, 0) is 43.7 Å². The van der Waals surface area contributed by atoms with Crippen LogP contribution in [0.15, 0.2) is 47.3 Å². The first-order chi connectivity index (χ1) is 16.2. The Hall–Kier alpha value is -3.27. The molecular formula is C24H23ClF2N2O5. The topological polar surface area (TPSA) is 101 Å². The molecule has 1 heterocycles. The number of hydrogen-bond acceptors (Lipinski definition) is 5. The maximum Gasteiger partial charge on any atom is 0.277 e. The number of aliphatic hydroxyl groups is 2. The van der Waals surface area contributed by atoms with Gasteiger partial charge in [0.25, 0.3) is 11.5 Å². The molecule has 1 amide bonds. The lowest BCUT2D eigenvalue weighted by Crippen LogP contribution is -2.40. The average molecular weight is 493 g/mol. The Bertz CT molecular complexity index is 1270. The summed E-state index contributed by atoms with van der Waals surface area (Å²) in [6.45, 7) is 2.13. The normalized spacial score (nSPS) is 11.1. The van der Waals surface area contributed by atoms with Gasteiger partial charge < -0.3 is 20.3 Å². The van der Waals surface area contributed by atoms with Crippen LogP contribution in [0.4, 0.5) is 8.78 Å². The van der Waals surface area contributed by atoms with Crippen LogP contribution in [-0.4, -0.2) is 39.9 Å². The van der Waals surface area contributed by atoms with Crippen LogP contribution < -0.4 is 15.6 Å². The molecule has 2 aromatic carbocycles. The second-order valence-corrected chi connectivity index (χ2v) is 8.07. The standard InChI is InChI=1S/C24H23ClF2N2O5/c1-13-3-4-16(19(27)7-13)12-34-21-8-14(2)29(24(33)22(21)25)20-9-15(5-6-18(20)26)23(32)28-17(10-30)11-31/h3-9,17,30-31H,10-12H2,1-2H3,(H,28,32). The van der Waals surface area contributed by atoms with Gasteiger partial charge in [0, 0.05) is 22.9 Å². The summed E-state index contributed by atoms with van der Waals surface area (Å²) in [4.78, 5) is 25.4. The van der Waals surface area contributed by atoms with Crippen molar-refractivity contribution in [1.29, 1.82) is 0 Å². The largest absolute Gasteiger partial charge is 0.487 e. The zero-order valence-corrected chi connectivity index (χ0v) is 19.2. The molecule has 3 rings (SSSR count). The van der Waals surface area contributed by atoms with E-state index >= 15 is 0 Å². The van der Waals surface area contributed by atoms with E-state index in [1.54, 1.807) is 19.1 Å². The summed E-state index contributed by atoms with van der Waals surface area (Å²) >= 11 is 6.20. The number of carbonyl (C=O) groups excluding carboxylic acids is 1. The van der Waals surface area contributed by atoms with Crippen LogP contribution >= 0.6 is 11.6 Å². The van der Waals surface area contributed by atoms with E-state index in [1.807, 2.05) is 0 Å². The molecule has 7 nitrogen and oxygen atoms in total. The van der Waals surface area contributed by atoms with E-state index in [-0.39, 0.29) is 39.9 Å². The van der Waals surface area contributed by atoms with Crippen LogP contribution in [0.5, 0.6) is 5.75 Å². The Kier molecular flexibility index (Phi) is 8.03. The minimum atomic E-state index is -0.894. The van der Waals surface area contributed by atoms with Crippen LogP contribution in [0.2, 0.25) is 5.02 Å². The molecule has 0 saturated heterocycles. The Morgan fingerprint density at radius 3 is 2.44 bits per heavy atom. The minimum absolute atomic E-state index is 0.000829. The minimum Gasteiger partial charge on any atom is -0.487 e.